The van der Waals surface area contributed by atoms with E-state index in [1.165, 1.54) is 37.1 Å². The zero-order valence-electron chi connectivity index (χ0n) is 22.3. The molecule has 1 unspecified atom stereocenters. The Kier molecular flexibility index (Phi) is 7.53. The number of nitrogens with one attached hydrogen (secondary N) is 2. The molecule has 2 aliphatic rings. The van der Waals surface area contributed by atoms with Gasteiger partial charge in [-0.1, -0.05) is 74.0 Å². The smallest absolute Gasteiger partial charge is 0.0999 e. The summed E-state index contributed by atoms with van der Waals surface area (Å²) in [5.74, 6) is 1.06. The minimum atomic E-state index is 0.185. The molecule has 3 aromatic carbocycles. The second-order valence-corrected chi connectivity index (χ2v) is 11.6. The number of likely N-dealkylation sites (tertiary alicyclic amines) is 1. The molecule has 6 heteroatoms. The van der Waals surface area contributed by atoms with E-state index < -0.39 is 0 Å². The molecule has 4 aromatic rings. The van der Waals surface area contributed by atoms with Crippen LogP contribution in [-0.4, -0.2) is 47.4 Å². The van der Waals surface area contributed by atoms with E-state index in [2.05, 4.69) is 83.8 Å². The molecule has 1 atom stereocenters. The maximum Gasteiger partial charge on any atom is 0.0999 e. The van der Waals surface area contributed by atoms with Crippen molar-refractivity contribution in [3.8, 4) is 11.3 Å². The van der Waals surface area contributed by atoms with E-state index in [0.717, 1.165) is 52.5 Å². The first-order valence-corrected chi connectivity index (χ1v) is 14.3. The molecule has 0 amide bonds. The normalized spacial score (nSPS) is 18.2. The Morgan fingerprint density at radius 1 is 1.03 bits per heavy atom. The zero-order valence-corrected chi connectivity index (χ0v) is 23.0. The molecule has 0 spiro atoms. The van der Waals surface area contributed by atoms with Gasteiger partial charge in [-0.25, -0.2) is 0 Å². The molecule has 2 saturated heterocycles. The first-order chi connectivity index (χ1) is 18.6. The number of H-pyrrole nitrogens is 1. The van der Waals surface area contributed by atoms with E-state index >= 15 is 0 Å². The minimum Gasteiger partial charge on any atom is -0.378 e. The SMILES string of the molecule is CC(C)C(NCc1ccc2[nH]nc(-c3ccc(C4CCN(C5COC5)CC4)cc3)c2c1)c1ccccc1Cl. The maximum atomic E-state index is 6.53. The molecule has 0 bridgehead atoms. The van der Waals surface area contributed by atoms with Crippen LogP contribution in [0.2, 0.25) is 5.02 Å². The third-order valence-electron chi connectivity index (χ3n) is 8.38. The van der Waals surface area contributed by atoms with E-state index in [-0.39, 0.29) is 6.04 Å². The van der Waals surface area contributed by atoms with Crippen LogP contribution in [0.4, 0.5) is 0 Å². The summed E-state index contributed by atoms with van der Waals surface area (Å²) in [5, 5.41) is 13.6. The van der Waals surface area contributed by atoms with Gasteiger partial charge in [-0.3, -0.25) is 10.00 Å². The van der Waals surface area contributed by atoms with Gasteiger partial charge in [0.2, 0.25) is 0 Å². The highest BCUT2D eigenvalue weighted by molar-refractivity contribution is 6.31. The van der Waals surface area contributed by atoms with Crippen LogP contribution in [0.1, 0.15) is 55.3 Å². The van der Waals surface area contributed by atoms with Crippen LogP contribution < -0.4 is 5.32 Å². The number of nitrogens with zero attached hydrogens (tertiary/aromatic N) is 2. The van der Waals surface area contributed by atoms with Crippen LogP contribution in [-0.2, 0) is 11.3 Å². The number of rotatable bonds is 8. The molecule has 0 radical (unpaired) electrons. The van der Waals surface area contributed by atoms with Gasteiger partial charge in [0.1, 0.15) is 0 Å². The summed E-state index contributed by atoms with van der Waals surface area (Å²) < 4.78 is 5.38. The Balaban J connectivity index is 1.16. The number of aromatic amines is 1. The van der Waals surface area contributed by atoms with Crippen molar-refractivity contribution < 1.29 is 4.74 Å². The predicted molar refractivity (Wildman–Crippen MR) is 156 cm³/mol. The fourth-order valence-corrected chi connectivity index (χ4v) is 6.25. The van der Waals surface area contributed by atoms with Crippen LogP contribution in [0.25, 0.3) is 22.2 Å². The summed E-state index contributed by atoms with van der Waals surface area (Å²) in [5.41, 5.74) is 7.06. The molecule has 0 saturated carbocycles. The van der Waals surface area contributed by atoms with Crippen molar-refractivity contribution in [1.82, 2.24) is 20.4 Å². The quantitative estimate of drug-likeness (QED) is 0.260. The van der Waals surface area contributed by atoms with Crippen molar-refractivity contribution >= 4 is 22.5 Å². The summed E-state index contributed by atoms with van der Waals surface area (Å²) in [6, 6.07) is 24.6. The zero-order chi connectivity index (χ0) is 26.1. The van der Waals surface area contributed by atoms with E-state index in [4.69, 9.17) is 21.4 Å². The average Bonchev–Trinajstić information content (AvgIpc) is 3.32. The molecule has 2 N–H and O–H groups in total. The summed E-state index contributed by atoms with van der Waals surface area (Å²) in [6.07, 6.45) is 2.45. The van der Waals surface area contributed by atoms with Crippen molar-refractivity contribution in [3.05, 3.63) is 88.4 Å². The van der Waals surface area contributed by atoms with Crippen molar-refractivity contribution in [3.63, 3.8) is 0 Å². The number of hydrogen-bond acceptors (Lipinski definition) is 4. The molecule has 198 valence electrons. The Morgan fingerprint density at radius 3 is 2.47 bits per heavy atom. The number of ether oxygens (including phenoxy) is 1. The van der Waals surface area contributed by atoms with Gasteiger partial charge in [0.15, 0.2) is 0 Å². The molecule has 0 aliphatic carbocycles. The van der Waals surface area contributed by atoms with Gasteiger partial charge in [-0.2, -0.15) is 5.10 Å². The molecule has 5 nitrogen and oxygen atoms in total. The molecule has 1 aromatic heterocycles. The van der Waals surface area contributed by atoms with Crippen molar-refractivity contribution in [2.24, 2.45) is 5.92 Å². The van der Waals surface area contributed by atoms with Crippen LogP contribution in [0.15, 0.2) is 66.7 Å². The summed E-state index contributed by atoms with van der Waals surface area (Å²) >= 11 is 6.53. The highest BCUT2D eigenvalue weighted by Crippen LogP contribution is 2.33. The highest BCUT2D eigenvalue weighted by atomic mass is 35.5. The highest BCUT2D eigenvalue weighted by Gasteiger charge is 2.30. The van der Waals surface area contributed by atoms with Crippen molar-refractivity contribution in [2.75, 3.05) is 26.3 Å². The number of halogens is 1. The Morgan fingerprint density at radius 2 is 1.79 bits per heavy atom. The topological polar surface area (TPSA) is 53.2 Å². The lowest BCUT2D eigenvalue weighted by atomic mass is 9.88. The summed E-state index contributed by atoms with van der Waals surface area (Å²) in [7, 11) is 0. The number of aromatic nitrogens is 2. The second-order valence-electron chi connectivity index (χ2n) is 11.2. The minimum absolute atomic E-state index is 0.185. The predicted octanol–water partition coefficient (Wildman–Crippen LogP) is 6.95. The van der Waals surface area contributed by atoms with Gasteiger partial charge in [0, 0.05) is 28.6 Å². The third kappa shape index (κ3) is 5.26. The van der Waals surface area contributed by atoms with E-state index in [9.17, 15) is 0 Å². The van der Waals surface area contributed by atoms with Gasteiger partial charge in [-0.15, -0.1) is 0 Å². The molecule has 2 aliphatic heterocycles. The van der Waals surface area contributed by atoms with Crippen LogP contribution in [0, 0.1) is 5.92 Å². The number of hydrogen-bond donors (Lipinski definition) is 2. The first kappa shape index (κ1) is 25.6. The summed E-state index contributed by atoms with van der Waals surface area (Å²) in [4.78, 5) is 2.61. The largest absolute Gasteiger partial charge is 0.378 e. The third-order valence-corrected chi connectivity index (χ3v) is 8.73. The molecule has 2 fully saturated rings. The standard InChI is InChI=1S/C32H37ClN4O/c1-21(2)31(27-5-3-4-6-29(27)33)34-18-22-7-12-30-28(17-22)32(36-35-30)25-10-8-23(9-11-25)24-13-15-37(16-14-24)26-19-38-20-26/h3-12,17,21,24,26,31,34H,13-16,18-20H2,1-2H3,(H,35,36). The van der Waals surface area contributed by atoms with Crippen LogP contribution in [0.3, 0.4) is 0 Å². The van der Waals surface area contributed by atoms with Gasteiger partial charge in [-0.05, 0) is 72.7 Å². The van der Waals surface area contributed by atoms with Gasteiger partial charge >= 0.3 is 0 Å². The number of benzene rings is 3. The fourth-order valence-electron chi connectivity index (χ4n) is 6.00. The number of piperidine rings is 1. The average molecular weight is 529 g/mol. The first-order valence-electron chi connectivity index (χ1n) is 13.9. The molecule has 6 rings (SSSR count). The van der Waals surface area contributed by atoms with Gasteiger partial charge < -0.3 is 10.1 Å². The van der Waals surface area contributed by atoms with Crippen LogP contribution in [0.5, 0.6) is 0 Å². The van der Waals surface area contributed by atoms with E-state index in [1.807, 2.05) is 12.1 Å². The Bertz CT molecular complexity index is 1370. The second kappa shape index (κ2) is 11.2. The lowest BCUT2D eigenvalue weighted by Crippen LogP contribution is -2.51. The molecule has 3 heterocycles. The van der Waals surface area contributed by atoms with Crippen molar-refractivity contribution in [2.45, 2.75) is 51.2 Å². The monoisotopic (exact) mass is 528 g/mol. The Labute approximate surface area is 230 Å². The Hall–Kier alpha value is -2.70. The van der Waals surface area contributed by atoms with E-state index in [0.29, 0.717) is 17.9 Å². The molecular formula is C32H37ClN4O. The maximum absolute atomic E-state index is 6.53. The fraction of sp³-hybridized carbons (Fsp3) is 0.406. The molecular weight excluding hydrogens is 492 g/mol. The summed E-state index contributed by atoms with van der Waals surface area (Å²) in [6.45, 7) is 9.40. The van der Waals surface area contributed by atoms with Crippen molar-refractivity contribution in [1.29, 1.82) is 0 Å². The van der Waals surface area contributed by atoms with Gasteiger partial charge in [0.25, 0.3) is 0 Å². The van der Waals surface area contributed by atoms with Crippen LogP contribution >= 0.6 is 11.6 Å². The lowest BCUT2D eigenvalue weighted by molar-refractivity contribution is -0.0712. The molecule has 38 heavy (non-hydrogen) atoms. The lowest BCUT2D eigenvalue weighted by Gasteiger charge is -2.41. The van der Waals surface area contributed by atoms with E-state index in [1.54, 1.807) is 0 Å². The van der Waals surface area contributed by atoms with Gasteiger partial charge in [0.05, 0.1) is 30.5 Å². The number of fused-ring (bicyclic) bond motifs is 1.